The second-order valence-electron chi connectivity index (χ2n) is 3.47. The third-order valence-corrected chi connectivity index (χ3v) is 2.12. The molecule has 0 fully saturated rings. The van der Waals surface area contributed by atoms with Crippen molar-refractivity contribution in [3.05, 3.63) is 63.7 Å². The quantitative estimate of drug-likeness (QED) is 0.482. The topological polar surface area (TPSA) is 81.0 Å². The van der Waals surface area contributed by atoms with E-state index in [2.05, 4.69) is 10.2 Å². The van der Waals surface area contributed by atoms with Crippen molar-refractivity contribution in [3.8, 4) is 0 Å². The fourth-order valence-corrected chi connectivity index (χ4v) is 1.25. The minimum Gasteiger partial charge on any atom is -0.400 e. The smallest absolute Gasteiger partial charge is 0.400 e. The molecule has 0 spiro atoms. The molecule has 0 saturated heterocycles. The SMILES string of the molecule is O=[N+]([O-])c1ccc(/C=N/N=C/c2ccc(F)cc2)o1. The van der Waals surface area contributed by atoms with Crippen molar-refractivity contribution >= 4 is 18.3 Å². The van der Waals surface area contributed by atoms with Gasteiger partial charge in [0.25, 0.3) is 0 Å². The average Bonchev–Trinajstić information content (AvgIpc) is 2.86. The molecular formula is C12H8FN3O3. The lowest BCUT2D eigenvalue weighted by molar-refractivity contribution is -0.402. The molecule has 0 aliphatic heterocycles. The molecule has 0 N–H and O–H groups in total. The average molecular weight is 261 g/mol. The Labute approximate surface area is 107 Å². The molecular weight excluding hydrogens is 253 g/mol. The molecule has 1 heterocycles. The van der Waals surface area contributed by atoms with Gasteiger partial charge >= 0.3 is 5.88 Å². The van der Waals surface area contributed by atoms with Crippen LogP contribution in [0.15, 0.2) is 51.0 Å². The predicted molar refractivity (Wildman–Crippen MR) is 67.0 cm³/mol. The van der Waals surface area contributed by atoms with Crippen molar-refractivity contribution < 1.29 is 13.7 Å². The van der Waals surface area contributed by atoms with Gasteiger partial charge in [-0.15, -0.1) is 0 Å². The highest BCUT2D eigenvalue weighted by atomic mass is 19.1. The van der Waals surface area contributed by atoms with Crippen LogP contribution in [-0.2, 0) is 0 Å². The lowest BCUT2D eigenvalue weighted by atomic mass is 10.2. The lowest BCUT2D eigenvalue weighted by Gasteiger charge is -1.89. The number of nitrogens with zero attached hydrogens (tertiary/aromatic N) is 3. The standard InChI is InChI=1S/C12H8FN3O3/c13-10-3-1-9(2-4-10)7-14-15-8-11-5-6-12(19-11)16(17)18/h1-8H/b14-7+,15-8+. The van der Waals surface area contributed by atoms with Crippen molar-refractivity contribution in [3.63, 3.8) is 0 Å². The molecule has 0 atom stereocenters. The second-order valence-corrected chi connectivity index (χ2v) is 3.47. The summed E-state index contributed by atoms with van der Waals surface area (Å²) in [6, 6.07) is 8.35. The lowest BCUT2D eigenvalue weighted by Crippen LogP contribution is -1.83. The minimum atomic E-state index is -0.640. The van der Waals surface area contributed by atoms with E-state index >= 15 is 0 Å². The van der Waals surface area contributed by atoms with Gasteiger partial charge in [0, 0.05) is 0 Å². The molecule has 0 amide bonds. The van der Waals surface area contributed by atoms with E-state index in [1.807, 2.05) is 0 Å². The van der Waals surface area contributed by atoms with Gasteiger partial charge < -0.3 is 4.42 Å². The van der Waals surface area contributed by atoms with Crippen LogP contribution in [0.25, 0.3) is 0 Å². The Bertz CT molecular complexity index is 632. The summed E-state index contributed by atoms with van der Waals surface area (Å²) in [4.78, 5) is 9.72. The van der Waals surface area contributed by atoms with Crippen molar-refractivity contribution in [2.45, 2.75) is 0 Å². The van der Waals surface area contributed by atoms with Gasteiger partial charge in [0.1, 0.15) is 10.7 Å². The number of benzene rings is 1. The van der Waals surface area contributed by atoms with Crippen LogP contribution < -0.4 is 0 Å². The van der Waals surface area contributed by atoms with Crippen LogP contribution in [0.4, 0.5) is 10.3 Å². The summed E-state index contributed by atoms with van der Waals surface area (Å²) in [5.74, 6) is -0.463. The summed E-state index contributed by atoms with van der Waals surface area (Å²) in [5, 5.41) is 17.7. The fourth-order valence-electron chi connectivity index (χ4n) is 1.25. The summed E-state index contributed by atoms with van der Waals surface area (Å²) >= 11 is 0. The molecule has 96 valence electrons. The van der Waals surface area contributed by atoms with Crippen molar-refractivity contribution in [1.82, 2.24) is 0 Å². The number of furan rings is 1. The maximum atomic E-state index is 12.6. The molecule has 2 rings (SSSR count). The Kier molecular flexibility index (Phi) is 3.77. The third kappa shape index (κ3) is 3.56. The van der Waals surface area contributed by atoms with Crippen LogP contribution >= 0.6 is 0 Å². The molecule has 0 aliphatic carbocycles. The van der Waals surface area contributed by atoms with Gasteiger partial charge in [0.2, 0.25) is 0 Å². The van der Waals surface area contributed by atoms with E-state index in [9.17, 15) is 14.5 Å². The second kappa shape index (κ2) is 5.67. The Hall–Kier alpha value is -2.83. The zero-order valence-electron chi connectivity index (χ0n) is 9.56. The molecule has 0 saturated carbocycles. The Morgan fingerprint density at radius 2 is 1.79 bits per heavy atom. The van der Waals surface area contributed by atoms with Crippen LogP contribution in [0.2, 0.25) is 0 Å². The van der Waals surface area contributed by atoms with Crippen molar-refractivity contribution in [1.29, 1.82) is 0 Å². The summed E-state index contributed by atoms with van der Waals surface area (Å²) in [7, 11) is 0. The maximum Gasteiger partial charge on any atom is 0.433 e. The van der Waals surface area contributed by atoms with Gasteiger partial charge in [-0.05, 0) is 23.8 Å². The first-order chi connectivity index (χ1) is 9.15. The van der Waals surface area contributed by atoms with E-state index in [1.54, 1.807) is 12.1 Å². The zero-order valence-corrected chi connectivity index (χ0v) is 9.56. The van der Waals surface area contributed by atoms with Gasteiger partial charge in [-0.2, -0.15) is 10.2 Å². The van der Waals surface area contributed by atoms with E-state index in [4.69, 9.17) is 4.42 Å². The number of nitro groups is 1. The van der Waals surface area contributed by atoms with E-state index in [1.165, 1.54) is 36.7 Å². The summed E-state index contributed by atoms with van der Waals surface area (Å²) in [5.41, 5.74) is 0.684. The summed E-state index contributed by atoms with van der Waals surface area (Å²) in [6.45, 7) is 0. The predicted octanol–water partition coefficient (Wildman–Crippen LogP) is 2.78. The fraction of sp³-hybridized carbons (Fsp3) is 0. The van der Waals surface area contributed by atoms with Crippen LogP contribution in [0.5, 0.6) is 0 Å². The van der Waals surface area contributed by atoms with Gasteiger partial charge in [0.15, 0.2) is 5.76 Å². The molecule has 7 heteroatoms. The first kappa shape index (κ1) is 12.6. The Balaban J connectivity index is 1.99. The normalized spacial score (nSPS) is 11.4. The van der Waals surface area contributed by atoms with E-state index < -0.39 is 4.92 Å². The molecule has 6 nitrogen and oxygen atoms in total. The molecule has 1 aromatic heterocycles. The number of rotatable bonds is 4. The Morgan fingerprint density at radius 3 is 2.42 bits per heavy atom. The van der Waals surface area contributed by atoms with Crippen LogP contribution in [0.1, 0.15) is 11.3 Å². The molecule has 0 radical (unpaired) electrons. The van der Waals surface area contributed by atoms with Crippen LogP contribution in [0, 0.1) is 15.9 Å². The van der Waals surface area contributed by atoms with E-state index in [0.717, 1.165) is 0 Å². The first-order valence-corrected chi connectivity index (χ1v) is 5.21. The van der Waals surface area contributed by atoms with E-state index in [-0.39, 0.29) is 17.5 Å². The largest absolute Gasteiger partial charge is 0.433 e. The summed E-state index contributed by atoms with van der Waals surface area (Å²) in [6.07, 6.45) is 2.67. The highest BCUT2D eigenvalue weighted by Gasteiger charge is 2.09. The highest BCUT2D eigenvalue weighted by Crippen LogP contribution is 2.13. The maximum absolute atomic E-state index is 12.6. The molecule has 1 aromatic carbocycles. The first-order valence-electron chi connectivity index (χ1n) is 5.21. The number of hydrogen-bond acceptors (Lipinski definition) is 5. The Morgan fingerprint density at radius 1 is 1.11 bits per heavy atom. The van der Waals surface area contributed by atoms with E-state index in [0.29, 0.717) is 5.56 Å². The van der Waals surface area contributed by atoms with Crippen LogP contribution in [0.3, 0.4) is 0 Å². The molecule has 19 heavy (non-hydrogen) atoms. The number of hydrogen-bond donors (Lipinski definition) is 0. The molecule has 2 aromatic rings. The highest BCUT2D eigenvalue weighted by molar-refractivity contribution is 5.81. The van der Waals surface area contributed by atoms with Crippen molar-refractivity contribution in [2.75, 3.05) is 0 Å². The van der Waals surface area contributed by atoms with Crippen molar-refractivity contribution in [2.24, 2.45) is 10.2 Å². The van der Waals surface area contributed by atoms with Gasteiger partial charge in [-0.3, -0.25) is 10.1 Å². The molecule has 0 aliphatic rings. The van der Waals surface area contributed by atoms with Gasteiger partial charge in [-0.1, -0.05) is 12.1 Å². The monoisotopic (exact) mass is 261 g/mol. The summed E-state index contributed by atoms with van der Waals surface area (Å²) < 4.78 is 17.5. The minimum absolute atomic E-state index is 0.225. The molecule has 0 bridgehead atoms. The third-order valence-electron chi connectivity index (χ3n) is 2.12. The van der Waals surface area contributed by atoms with Gasteiger partial charge in [0.05, 0.1) is 18.5 Å². The van der Waals surface area contributed by atoms with Gasteiger partial charge in [-0.25, -0.2) is 4.39 Å². The van der Waals surface area contributed by atoms with Crippen LogP contribution in [-0.4, -0.2) is 17.4 Å². The zero-order chi connectivity index (χ0) is 13.7. The molecule has 0 unspecified atom stereocenters. The number of halogens is 1.